The van der Waals surface area contributed by atoms with Gasteiger partial charge in [0.15, 0.2) is 0 Å². The van der Waals surface area contributed by atoms with Crippen LogP contribution in [0.15, 0.2) is 24.3 Å². The molecule has 114 valence electrons. The summed E-state index contributed by atoms with van der Waals surface area (Å²) < 4.78 is 15.7. The highest BCUT2D eigenvalue weighted by Gasteiger charge is 2.04. The van der Waals surface area contributed by atoms with E-state index in [4.69, 9.17) is 19.9 Å². The standard InChI is InChI=1S/C16H27NO3/c1-14-3-5-15(6-4-14)13-16(17)7-8-19-11-12-20-10-9-18-2/h3-6,16H,7-13,17H2,1-2H3. The van der Waals surface area contributed by atoms with Crippen LogP contribution in [0.5, 0.6) is 0 Å². The summed E-state index contributed by atoms with van der Waals surface area (Å²) in [5, 5.41) is 0. The maximum absolute atomic E-state index is 6.10. The van der Waals surface area contributed by atoms with Crippen LogP contribution >= 0.6 is 0 Å². The molecular weight excluding hydrogens is 254 g/mol. The molecule has 0 aromatic heterocycles. The van der Waals surface area contributed by atoms with Gasteiger partial charge in [0.25, 0.3) is 0 Å². The largest absolute Gasteiger partial charge is 0.382 e. The third-order valence-corrected chi connectivity index (χ3v) is 3.06. The number of benzene rings is 1. The van der Waals surface area contributed by atoms with Crippen molar-refractivity contribution >= 4 is 0 Å². The van der Waals surface area contributed by atoms with Gasteiger partial charge in [0.2, 0.25) is 0 Å². The molecule has 0 fully saturated rings. The van der Waals surface area contributed by atoms with Crippen LogP contribution in [0.1, 0.15) is 17.5 Å². The molecule has 20 heavy (non-hydrogen) atoms. The summed E-state index contributed by atoms with van der Waals surface area (Å²) in [4.78, 5) is 0. The Kier molecular flexibility index (Phi) is 9.24. The number of ether oxygens (including phenoxy) is 3. The van der Waals surface area contributed by atoms with Gasteiger partial charge in [-0.1, -0.05) is 29.8 Å². The smallest absolute Gasteiger partial charge is 0.0701 e. The highest BCUT2D eigenvalue weighted by atomic mass is 16.5. The molecule has 0 bridgehead atoms. The number of hydrogen-bond acceptors (Lipinski definition) is 4. The maximum atomic E-state index is 6.10. The predicted octanol–water partition coefficient (Wildman–Crippen LogP) is 1.93. The molecule has 0 aliphatic heterocycles. The van der Waals surface area contributed by atoms with Crippen molar-refractivity contribution in [2.24, 2.45) is 5.73 Å². The van der Waals surface area contributed by atoms with E-state index < -0.39 is 0 Å². The Bertz CT molecular complexity index is 340. The van der Waals surface area contributed by atoms with Gasteiger partial charge >= 0.3 is 0 Å². The van der Waals surface area contributed by atoms with Gasteiger partial charge < -0.3 is 19.9 Å². The first-order valence-corrected chi connectivity index (χ1v) is 7.18. The molecular formula is C16H27NO3. The normalized spacial score (nSPS) is 12.6. The number of rotatable bonds is 11. The molecule has 0 heterocycles. The average Bonchev–Trinajstić information content (AvgIpc) is 2.44. The van der Waals surface area contributed by atoms with Crippen molar-refractivity contribution in [2.75, 3.05) is 40.1 Å². The molecule has 1 aromatic rings. The van der Waals surface area contributed by atoms with Gasteiger partial charge in [0.05, 0.1) is 26.4 Å². The third-order valence-electron chi connectivity index (χ3n) is 3.06. The molecule has 1 unspecified atom stereocenters. The van der Waals surface area contributed by atoms with Crippen molar-refractivity contribution in [1.82, 2.24) is 0 Å². The van der Waals surface area contributed by atoms with Gasteiger partial charge in [0, 0.05) is 19.8 Å². The molecule has 1 rings (SSSR count). The lowest BCUT2D eigenvalue weighted by atomic mass is 10.0. The van der Waals surface area contributed by atoms with Gasteiger partial charge in [-0.3, -0.25) is 0 Å². The van der Waals surface area contributed by atoms with Crippen molar-refractivity contribution in [3.63, 3.8) is 0 Å². The van der Waals surface area contributed by atoms with Crippen molar-refractivity contribution in [1.29, 1.82) is 0 Å². The lowest BCUT2D eigenvalue weighted by molar-refractivity contribution is 0.0234. The molecule has 0 amide bonds. The van der Waals surface area contributed by atoms with Crippen LogP contribution in [0.25, 0.3) is 0 Å². The molecule has 4 nitrogen and oxygen atoms in total. The van der Waals surface area contributed by atoms with Gasteiger partial charge in [-0.15, -0.1) is 0 Å². The summed E-state index contributed by atoms with van der Waals surface area (Å²) in [5.74, 6) is 0. The van der Waals surface area contributed by atoms with E-state index in [1.807, 2.05) is 0 Å². The van der Waals surface area contributed by atoms with Crippen molar-refractivity contribution < 1.29 is 14.2 Å². The SMILES string of the molecule is COCCOCCOCCC(N)Cc1ccc(C)cc1. The summed E-state index contributed by atoms with van der Waals surface area (Å²) in [6.07, 6.45) is 1.76. The summed E-state index contributed by atoms with van der Waals surface area (Å²) in [5.41, 5.74) is 8.66. The first-order chi connectivity index (χ1) is 9.72. The second-order valence-corrected chi connectivity index (χ2v) is 4.96. The Labute approximate surface area is 122 Å². The van der Waals surface area contributed by atoms with Crippen LogP contribution in [0.4, 0.5) is 0 Å². The molecule has 0 spiro atoms. The molecule has 0 saturated carbocycles. The average molecular weight is 281 g/mol. The Hall–Kier alpha value is -0.940. The monoisotopic (exact) mass is 281 g/mol. The highest BCUT2D eigenvalue weighted by molar-refractivity contribution is 5.21. The fourth-order valence-electron chi connectivity index (χ4n) is 1.83. The van der Waals surface area contributed by atoms with Crippen molar-refractivity contribution in [2.45, 2.75) is 25.8 Å². The predicted molar refractivity (Wildman–Crippen MR) is 81.0 cm³/mol. The van der Waals surface area contributed by atoms with Crippen molar-refractivity contribution in [3.05, 3.63) is 35.4 Å². The van der Waals surface area contributed by atoms with Crippen molar-refractivity contribution in [3.8, 4) is 0 Å². The number of nitrogens with two attached hydrogens (primary N) is 1. The zero-order chi connectivity index (χ0) is 14.6. The van der Waals surface area contributed by atoms with Gasteiger partial charge in [-0.2, -0.15) is 0 Å². The van der Waals surface area contributed by atoms with E-state index in [9.17, 15) is 0 Å². The molecule has 1 aromatic carbocycles. The molecule has 0 radical (unpaired) electrons. The Morgan fingerprint density at radius 3 is 2.20 bits per heavy atom. The quantitative estimate of drug-likeness (QED) is 0.630. The van der Waals surface area contributed by atoms with Crippen LogP contribution in [0.2, 0.25) is 0 Å². The minimum absolute atomic E-state index is 0.145. The molecule has 0 aliphatic rings. The molecule has 0 aliphatic carbocycles. The van der Waals surface area contributed by atoms with E-state index in [0.717, 1.165) is 12.8 Å². The van der Waals surface area contributed by atoms with Gasteiger partial charge in [-0.05, 0) is 25.3 Å². The second-order valence-electron chi connectivity index (χ2n) is 4.96. The van der Waals surface area contributed by atoms with E-state index in [0.29, 0.717) is 33.0 Å². The number of aryl methyl sites for hydroxylation is 1. The summed E-state index contributed by atoms with van der Waals surface area (Å²) in [6.45, 7) is 5.23. The minimum atomic E-state index is 0.145. The summed E-state index contributed by atoms with van der Waals surface area (Å²) in [7, 11) is 1.66. The van der Waals surface area contributed by atoms with E-state index in [-0.39, 0.29) is 6.04 Å². The minimum Gasteiger partial charge on any atom is -0.382 e. The van der Waals surface area contributed by atoms with Gasteiger partial charge in [-0.25, -0.2) is 0 Å². The maximum Gasteiger partial charge on any atom is 0.0701 e. The second kappa shape index (κ2) is 10.8. The topological polar surface area (TPSA) is 53.7 Å². The molecule has 4 heteroatoms. The number of methoxy groups -OCH3 is 1. The molecule has 2 N–H and O–H groups in total. The number of hydrogen-bond donors (Lipinski definition) is 1. The van der Waals surface area contributed by atoms with Crippen LogP contribution in [-0.4, -0.2) is 46.2 Å². The fraction of sp³-hybridized carbons (Fsp3) is 0.625. The van der Waals surface area contributed by atoms with E-state index >= 15 is 0 Å². The molecule has 0 saturated heterocycles. The zero-order valence-corrected chi connectivity index (χ0v) is 12.6. The highest BCUT2D eigenvalue weighted by Crippen LogP contribution is 2.06. The van der Waals surface area contributed by atoms with E-state index in [1.54, 1.807) is 7.11 Å². The Balaban J connectivity index is 2.00. The van der Waals surface area contributed by atoms with Crippen LogP contribution < -0.4 is 5.73 Å². The lowest BCUT2D eigenvalue weighted by Gasteiger charge is -2.12. The van der Waals surface area contributed by atoms with Crippen LogP contribution in [-0.2, 0) is 20.6 Å². The van der Waals surface area contributed by atoms with Gasteiger partial charge in [0.1, 0.15) is 0 Å². The summed E-state index contributed by atoms with van der Waals surface area (Å²) in [6, 6.07) is 8.66. The first kappa shape index (κ1) is 17.1. The van der Waals surface area contributed by atoms with Crippen LogP contribution in [0.3, 0.4) is 0 Å². The van der Waals surface area contributed by atoms with E-state index in [2.05, 4.69) is 31.2 Å². The Morgan fingerprint density at radius 1 is 0.950 bits per heavy atom. The fourth-order valence-corrected chi connectivity index (χ4v) is 1.83. The third kappa shape index (κ3) is 8.27. The summed E-state index contributed by atoms with van der Waals surface area (Å²) >= 11 is 0. The first-order valence-electron chi connectivity index (χ1n) is 7.18. The lowest BCUT2D eigenvalue weighted by Crippen LogP contribution is -2.25. The zero-order valence-electron chi connectivity index (χ0n) is 12.6. The Morgan fingerprint density at radius 2 is 1.55 bits per heavy atom. The van der Waals surface area contributed by atoms with E-state index in [1.165, 1.54) is 11.1 Å². The molecule has 1 atom stereocenters. The van der Waals surface area contributed by atoms with Crippen LogP contribution in [0, 0.1) is 6.92 Å².